The zero-order valence-electron chi connectivity index (χ0n) is 14.2. The highest BCUT2D eigenvalue weighted by molar-refractivity contribution is 5.96. The van der Waals surface area contributed by atoms with Crippen LogP contribution in [0.3, 0.4) is 0 Å². The van der Waals surface area contributed by atoms with E-state index in [-0.39, 0.29) is 29.9 Å². The Hall–Kier alpha value is -1.88. The third-order valence-electron chi connectivity index (χ3n) is 5.28. The highest BCUT2D eigenvalue weighted by Gasteiger charge is 2.51. The molecule has 2 amide bonds. The first-order chi connectivity index (χ1) is 11.5. The van der Waals surface area contributed by atoms with Gasteiger partial charge in [-0.3, -0.25) is 9.59 Å². The standard InChI is InChI=1S/C19H24N2O3/c1-11-7-12(2)9-13(8-11)19(23)21-10-15(17-16(21)5-6-24-17)18(22)20-14-3-4-14/h7-9,14-17H,3-6,10H2,1-2H3,(H,20,22)/t15-,16-,17-/m0/s1. The van der Waals surface area contributed by atoms with E-state index < -0.39 is 0 Å². The molecule has 5 heteroatoms. The summed E-state index contributed by atoms with van der Waals surface area (Å²) in [5, 5.41) is 3.07. The van der Waals surface area contributed by atoms with E-state index in [0.29, 0.717) is 24.8 Å². The summed E-state index contributed by atoms with van der Waals surface area (Å²) in [6.07, 6.45) is 2.80. The highest BCUT2D eigenvalue weighted by Crippen LogP contribution is 2.35. The van der Waals surface area contributed by atoms with Crippen molar-refractivity contribution in [1.29, 1.82) is 0 Å². The van der Waals surface area contributed by atoms with Crippen LogP contribution in [-0.4, -0.2) is 48.1 Å². The molecule has 1 aliphatic carbocycles. The summed E-state index contributed by atoms with van der Waals surface area (Å²) >= 11 is 0. The Morgan fingerprint density at radius 1 is 1.12 bits per heavy atom. The average molecular weight is 328 g/mol. The van der Waals surface area contributed by atoms with E-state index in [1.54, 1.807) is 0 Å². The molecule has 1 aromatic carbocycles. The number of carbonyl (C=O) groups excluding carboxylic acids is 2. The van der Waals surface area contributed by atoms with E-state index in [0.717, 1.165) is 30.4 Å². The Bertz CT molecular complexity index is 663. The second-order valence-corrected chi connectivity index (χ2v) is 7.41. The van der Waals surface area contributed by atoms with E-state index in [9.17, 15) is 9.59 Å². The van der Waals surface area contributed by atoms with Crippen molar-refractivity contribution in [2.24, 2.45) is 5.92 Å². The minimum Gasteiger partial charge on any atom is -0.375 e. The molecule has 0 radical (unpaired) electrons. The van der Waals surface area contributed by atoms with Crippen LogP contribution in [0.2, 0.25) is 0 Å². The number of nitrogens with zero attached hydrogens (tertiary/aromatic N) is 1. The van der Waals surface area contributed by atoms with Gasteiger partial charge in [0.15, 0.2) is 0 Å². The Morgan fingerprint density at radius 3 is 2.50 bits per heavy atom. The highest BCUT2D eigenvalue weighted by atomic mass is 16.5. The third-order valence-corrected chi connectivity index (χ3v) is 5.28. The fraction of sp³-hybridized carbons (Fsp3) is 0.579. The van der Waals surface area contributed by atoms with Crippen LogP contribution in [-0.2, 0) is 9.53 Å². The molecule has 3 fully saturated rings. The number of fused-ring (bicyclic) bond motifs is 1. The Balaban J connectivity index is 1.56. The smallest absolute Gasteiger partial charge is 0.254 e. The van der Waals surface area contributed by atoms with Gasteiger partial charge < -0.3 is 15.0 Å². The largest absolute Gasteiger partial charge is 0.375 e. The van der Waals surface area contributed by atoms with Crippen LogP contribution >= 0.6 is 0 Å². The number of rotatable bonds is 3. The van der Waals surface area contributed by atoms with Crippen molar-refractivity contribution in [3.05, 3.63) is 34.9 Å². The molecule has 1 N–H and O–H groups in total. The van der Waals surface area contributed by atoms with Gasteiger partial charge in [0.25, 0.3) is 5.91 Å². The van der Waals surface area contributed by atoms with Gasteiger partial charge in [0.1, 0.15) is 0 Å². The number of hydrogen-bond acceptors (Lipinski definition) is 3. The predicted octanol–water partition coefficient (Wildman–Crippen LogP) is 1.81. The summed E-state index contributed by atoms with van der Waals surface area (Å²) in [6, 6.07) is 6.28. The normalized spacial score (nSPS) is 28.8. The molecule has 0 spiro atoms. The number of aryl methyl sites for hydroxylation is 2. The molecule has 3 atom stereocenters. The fourth-order valence-corrected chi connectivity index (χ4v) is 4.03. The van der Waals surface area contributed by atoms with Crippen molar-refractivity contribution in [3.63, 3.8) is 0 Å². The summed E-state index contributed by atoms with van der Waals surface area (Å²) in [7, 11) is 0. The maximum absolute atomic E-state index is 13.0. The molecule has 128 valence electrons. The summed E-state index contributed by atoms with van der Waals surface area (Å²) in [4.78, 5) is 27.4. The number of ether oxygens (including phenoxy) is 1. The Kier molecular flexibility index (Phi) is 3.83. The van der Waals surface area contributed by atoms with E-state index in [1.807, 2.05) is 30.9 Å². The minimum absolute atomic E-state index is 0.0176. The quantitative estimate of drug-likeness (QED) is 0.921. The lowest BCUT2D eigenvalue weighted by Crippen LogP contribution is -2.39. The van der Waals surface area contributed by atoms with Crippen molar-refractivity contribution in [1.82, 2.24) is 10.2 Å². The SMILES string of the molecule is Cc1cc(C)cc(C(=O)N2C[C@H](C(=O)NC3CC3)[C@@H]3OCC[C@@H]32)c1. The Labute approximate surface area is 142 Å². The van der Waals surface area contributed by atoms with Crippen molar-refractivity contribution in [2.45, 2.75) is 51.3 Å². The molecule has 0 aromatic heterocycles. The number of nitrogens with one attached hydrogen (secondary N) is 1. The molecule has 1 saturated carbocycles. The van der Waals surface area contributed by atoms with Crippen LogP contribution in [0.5, 0.6) is 0 Å². The predicted molar refractivity (Wildman–Crippen MR) is 89.8 cm³/mol. The maximum Gasteiger partial charge on any atom is 0.254 e. The number of amides is 2. The number of likely N-dealkylation sites (tertiary alicyclic amines) is 1. The lowest BCUT2D eigenvalue weighted by molar-refractivity contribution is -0.127. The molecule has 3 aliphatic rings. The summed E-state index contributed by atoms with van der Waals surface area (Å²) < 4.78 is 5.82. The van der Waals surface area contributed by atoms with E-state index in [4.69, 9.17) is 4.74 Å². The number of hydrogen-bond donors (Lipinski definition) is 1. The van der Waals surface area contributed by atoms with Crippen LogP contribution in [0, 0.1) is 19.8 Å². The molecule has 1 aromatic rings. The van der Waals surface area contributed by atoms with Gasteiger partial charge in [-0.05, 0) is 45.2 Å². The molecular weight excluding hydrogens is 304 g/mol. The molecule has 2 saturated heterocycles. The number of carbonyl (C=O) groups is 2. The van der Waals surface area contributed by atoms with Crippen molar-refractivity contribution >= 4 is 11.8 Å². The molecule has 0 bridgehead atoms. The van der Waals surface area contributed by atoms with Crippen LogP contribution in [0.25, 0.3) is 0 Å². The Morgan fingerprint density at radius 2 is 1.83 bits per heavy atom. The maximum atomic E-state index is 13.0. The lowest BCUT2D eigenvalue weighted by Gasteiger charge is -2.23. The van der Waals surface area contributed by atoms with Gasteiger partial charge in [-0.1, -0.05) is 17.2 Å². The average Bonchev–Trinajstić information content (AvgIpc) is 3.08. The van der Waals surface area contributed by atoms with Crippen LogP contribution in [0.4, 0.5) is 0 Å². The second kappa shape index (κ2) is 5.88. The van der Waals surface area contributed by atoms with Gasteiger partial charge in [-0.15, -0.1) is 0 Å². The molecule has 2 heterocycles. The summed E-state index contributed by atoms with van der Waals surface area (Å²) in [6.45, 7) is 5.08. The molecule has 0 unspecified atom stereocenters. The van der Waals surface area contributed by atoms with E-state index in [2.05, 4.69) is 11.4 Å². The first-order valence-electron chi connectivity index (χ1n) is 8.84. The lowest BCUT2D eigenvalue weighted by atomic mass is 10.0. The fourth-order valence-electron chi connectivity index (χ4n) is 4.03. The minimum atomic E-state index is -0.243. The molecule has 2 aliphatic heterocycles. The van der Waals surface area contributed by atoms with Gasteiger partial charge in [-0.2, -0.15) is 0 Å². The molecule has 24 heavy (non-hydrogen) atoms. The van der Waals surface area contributed by atoms with Crippen LogP contribution < -0.4 is 5.32 Å². The van der Waals surface area contributed by atoms with Gasteiger partial charge in [0.2, 0.25) is 5.91 Å². The molecular formula is C19H24N2O3. The zero-order chi connectivity index (χ0) is 16.8. The topological polar surface area (TPSA) is 58.6 Å². The van der Waals surface area contributed by atoms with Gasteiger partial charge in [-0.25, -0.2) is 0 Å². The van der Waals surface area contributed by atoms with E-state index >= 15 is 0 Å². The second-order valence-electron chi connectivity index (χ2n) is 7.41. The van der Waals surface area contributed by atoms with Crippen LogP contribution in [0.15, 0.2) is 18.2 Å². The third kappa shape index (κ3) is 2.81. The number of benzene rings is 1. The summed E-state index contributed by atoms with van der Waals surface area (Å²) in [5.74, 6) is -0.179. The van der Waals surface area contributed by atoms with Crippen LogP contribution in [0.1, 0.15) is 40.7 Å². The first kappa shape index (κ1) is 15.6. The van der Waals surface area contributed by atoms with Crippen molar-refractivity contribution in [2.75, 3.05) is 13.2 Å². The first-order valence-corrected chi connectivity index (χ1v) is 8.84. The van der Waals surface area contributed by atoms with E-state index in [1.165, 1.54) is 0 Å². The van der Waals surface area contributed by atoms with Gasteiger partial charge >= 0.3 is 0 Å². The van der Waals surface area contributed by atoms with Gasteiger partial charge in [0, 0.05) is 24.8 Å². The van der Waals surface area contributed by atoms with Crippen molar-refractivity contribution < 1.29 is 14.3 Å². The molecule has 5 nitrogen and oxygen atoms in total. The molecule has 4 rings (SSSR count). The summed E-state index contributed by atoms with van der Waals surface area (Å²) in [5.41, 5.74) is 2.88. The van der Waals surface area contributed by atoms with Gasteiger partial charge in [0.05, 0.1) is 18.1 Å². The monoisotopic (exact) mass is 328 g/mol. The van der Waals surface area contributed by atoms with Crippen molar-refractivity contribution in [3.8, 4) is 0 Å². The zero-order valence-corrected chi connectivity index (χ0v) is 14.2.